The van der Waals surface area contributed by atoms with Gasteiger partial charge in [0.25, 0.3) is 5.56 Å². The topological polar surface area (TPSA) is 100 Å². The first-order valence-corrected chi connectivity index (χ1v) is 9.42. The van der Waals surface area contributed by atoms with Crippen LogP contribution >= 0.6 is 11.3 Å². The molecule has 2 N–H and O–H groups in total. The summed E-state index contributed by atoms with van der Waals surface area (Å²) in [7, 11) is 0. The van der Waals surface area contributed by atoms with Gasteiger partial charge in [-0.25, -0.2) is 9.97 Å². The van der Waals surface area contributed by atoms with Crippen molar-refractivity contribution in [1.82, 2.24) is 15.0 Å². The minimum Gasteiger partial charge on any atom is -0.378 e. The molecule has 1 saturated heterocycles. The van der Waals surface area contributed by atoms with Crippen LogP contribution in [0.2, 0.25) is 0 Å². The summed E-state index contributed by atoms with van der Waals surface area (Å²) in [5, 5.41) is 3.38. The predicted octanol–water partition coefficient (Wildman–Crippen LogP) is 1.56. The Bertz CT molecular complexity index is 835. The third-order valence-corrected chi connectivity index (χ3v) is 5.39. The number of hydrogen-bond donors (Lipinski definition) is 2. The molecule has 2 aromatic heterocycles. The maximum Gasteiger partial charge on any atom is 0.255 e. The van der Waals surface area contributed by atoms with Gasteiger partial charge in [0, 0.05) is 35.6 Å². The highest BCUT2D eigenvalue weighted by atomic mass is 32.1. The van der Waals surface area contributed by atoms with Crippen LogP contribution in [0.15, 0.2) is 4.79 Å². The standard InChI is InChI=1S/C17H23N5O3S/c1-10-12(3)26-17(19-10)20-14(23)5-4-13-11(2)18-16(21-15(13)24)22-6-8-25-9-7-22/h4-9H2,1-3H3,(H,18,21,24)(H,19,20,23). The third kappa shape index (κ3) is 4.28. The van der Waals surface area contributed by atoms with Crippen LogP contribution < -0.4 is 15.8 Å². The molecule has 0 bridgehead atoms. The number of nitrogens with zero attached hydrogens (tertiary/aromatic N) is 3. The molecule has 9 heteroatoms. The largest absolute Gasteiger partial charge is 0.378 e. The van der Waals surface area contributed by atoms with E-state index < -0.39 is 0 Å². The molecule has 2 aromatic rings. The van der Waals surface area contributed by atoms with Gasteiger partial charge >= 0.3 is 0 Å². The number of morpholine rings is 1. The molecule has 0 unspecified atom stereocenters. The number of ether oxygens (including phenoxy) is 1. The average Bonchev–Trinajstić information content (AvgIpc) is 2.92. The number of hydrogen-bond acceptors (Lipinski definition) is 7. The molecule has 26 heavy (non-hydrogen) atoms. The summed E-state index contributed by atoms with van der Waals surface area (Å²) < 4.78 is 5.32. The lowest BCUT2D eigenvalue weighted by molar-refractivity contribution is -0.116. The first-order chi connectivity index (χ1) is 12.4. The molecule has 8 nitrogen and oxygen atoms in total. The molecular weight excluding hydrogens is 354 g/mol. The summed E-state index contributed by atoms with van der Waals surface area (Å²) in [6.45, 7) is 8.34. The van der Waals surface area contributed by atoms with Crippen LogP contribution in [0.3, 0.4) is 0 Å². The van der Waals surface area contributed by atoms with Crippen molar-refractivity contribution in [3.05, 3.63) is 32.2 Å². The Labute approximate surface area is 155 Å². The van der Waals surface area contributed by atoms with Crippen molar-refractivity contribution >= 4 is 28.3 Å². The molecule has 0 aromatic carbocycles. The molecule has 0 saturated carbocycles. The zero-order valence-corrected chi connectivity index (χ0v) is 16.0. The fourth-order valence-electron chi connectivity index (χ4n) is 2.76. The van der Waals surface area contributed by atoms with Gasteiger partial charge in [-0.3, -0.25) is 14.6 Å². The molecule has 1 aliphatic rings. The monoisotopic (exact) mass is 377 g/mol. The maximum atomic E-state index is 12.4. The summed E-state index contributed by atoms with van der Waals surface area (Å²) >= 11 is 1.45. The number of carbonyl (C=O) groups excluding carboxylic acids is 1. The molecule has 0 atom stereocenters. The Morgan fingerprint density at radius 2 is 1.96 bits per heavy atom. The fourth-order valence-corrected chi connectivity index (χ4v) is 3.59. The van der Waals surface area contributed by atoms with Crippen LogP contribution in [0.1, 0.15) is 28.2 Å². The first kappa shape index (κ1) is 18.5. The van der Waals surface area contributed by atoms with Crippen LogP contribution in [0.5, 0.6) is 0 Å². The minimum absolute atomic E-state index is 0.158. The maximum absolute atomic E-state index is 12.4. The van der Waals surface area contributed by atoms with Gasteiger partial charge in [-0.2, -0.15) is 0 Å². The SMILES string of the molecule is Cc1nc(NC(=O)CCc2c(C)nc(N3CCOCC3)[nH]c2=O)sc1C. The average molecular weight is 377 g/mol. The van der Waals surface area contributed by atoms with E-state index in [9.17, 15) is 9.59 Å². The Hall–Kier alpha value is -2.26. The molecule has 1 aliphatic heterocycles. The molecule has 3 rings (SSSR count). The van der Waals surface area contributed by atoms with Crippen LogP contribution in [0.4, 0.5) is 11.1 Å². The summed E-state index contributed by atoms with van der Waals surface area (Å²) in [4.78, 5) is 39.3. The van der Waals surface area contributed by atoms with Gasteiger partial charge in [0.2, 0.25) is 11.9 Å². The van der Waals surface area contributed by atoms with Gasteiger partial charge < -0.3 is 15.0 Å². The first-order valence-electron chi connectivity index (χ1n) is 8.60. The molecule has 0 spiro atoms. The van der Waals surface area contributed by atoms with E-state index in [-0.39, 0.29) is 17.9 Å². The van der Waals surface area contributed by atoms with Crippen LogP contribution in [-0.2, 0) is 16.0 Å². The van der Waals surface area contributed by atoms with Crippen LogP contribution in [0.25, 0.3) is 0 Å². The normalized spacial score (nSPS) is 14.5. The summed E-state index contributed by atoms with van der Waals surface area (Å²) in [5.41, 5.74) is 1.93. The Kier molecular flexibility index (Phi) is 5.67. The van der Waals surface area contributed by atoms with Gasteiger partial charge in [0.05, 0.1) is 18.9 Å². The van der Waals surface area contributed by atoms with Crippen LogP contribution in [-0.4, -0.2) is 47.2 Å². The predicted molar refractivity (Wildman–Crippen MR) is 101 cm³/mol. The number of thiazole rings is 1. The smallest absolute Gasteiger partial charge is 0.255 e. The highest BCUT2D eigenvalue weighted by Crippen LogP contribution is 2.21. The lowest BCUT2D eigenvalue weighted by Gasteiger charge is -2.27. The Balaban J connectivity index is 1.64. The quantitative estimate of drug-likeness (QED) is 0.820. The summed E-state index contributed by atoms with van der Waals surface area (Å²) in [5.74, 6) is 0.410. The second kappa shape index (κ2) is 7.96. The van der Waals surface area contributed by atoms with Crippen LogP contribution in [0, 0.1) is 20.8 Å². The second-order valence-corrected chi connectivity index (χ2v) is 7.46. The molecule has 0 aliphatic carbocycles. The number of anilines is 2. The highest BCUT2D eigenvalue weighted by molar-refractivity contribution is 7.15. The van der Waals surface area contributed by atoms with Gasteiger partial charge in [-0.1, -0.05) is 0 Å². The number of amides is 1. The molecule has 1 amide bonds. The van der Waals surface area contributed by atoms with Gasteiger partial charge in [-0.05, 0) is 27.2 Å². The zero-order valence-electron chi connectivity index (χ0n) is 15.2. The Morgan fingerprint density at radius 1 is 1.23 bits per heavy atom. The number of aryl methyl sites for hydroxylation is 3. The third-order valence-electron chi connectivity index (χ3n) is 4.40. The number of carbonyl (C=O) groups is 1. The van der Waals surface area contributed by atoms with Gasteiger partial charge in [0.1, 0.15) is 0 Å². The number of nitrogens with one attached hydrogen (secondary N) is 2. The number of aromatic amines is 1. The van der Waals surface area contributed by atoms with Crippen molar-refractivity contribution < 1.29 is 9.53 Å². The van der Waals surface area contributed by atoms with Crippen molar-refractivity contribution in [3.8, 4) is 0 Å². The molecule has 1 fully saturated rings. The van der Waals surface area contributed by atoms with E-state index in [4.69, 9.17) is 4.74 Å². The number of H-pyrrole nitrogens is 1. The lowest BCUT2D eigenvalue weighted by Crippen LogP contribution is -2.38. The fraction of sp³-hybridized carbons (Fsp3) is 0.529. The van der Waals surface area contributed by atoms with Gasteiger partial charge in [-0.15, -0.1) is 11.3 Å². The van der Waals surface area contributed by atoms with E-state index in [0.29, 0.717) is 55.1 Å². The molecular formula is C17H23N5O3S. The molecule has 3 heterocycles. The van der Waals surface area contributed by atoms with E-state index in [1.165, 1.54) is 11.3 Å². The second-order valence-electron chi connectivity index (χ2n) is 6.26. The Morgan fingerprint density at radius 3 is 2.58 bits per heavy atom. The van der Waals surface area contributed by atoms with Crippen molar-refractivity contribution in [2.45, 2.75) is 33.6 Å². The number of aromatic nitrogens is 3. The zero-order chi connectivity index (χ0) is 18.7. The number of rotatable bonds is 5. The highest BCUT2D eigenvalue weighted by Gasteiger charge is 2.17. The van der Waals surface area contributed by atoms with E-state index in [2.05, 4.69) is 20.3 Å². The summed E-state index contributed by atoms with van der Waals surface area (Å²) in [6, 6.07) is 0. The van der Waals surface area contributed by atoms with E-state index in [1.807, 2.05) is 18.7 Å². The van der Waals surface area contributed by atoms with E-state index in [1.54, 1.807) is 6.92 Å². The van der Waals surface area contributed by atoms with Gasteiger partial charge in [0.15, 0.2) is 5.13 Å². The van der Waals surface area contributed by atoms with E-state index in [0.717, 1.165) is 10.6 Å². The minimum atomic E-state index is -0.187. The van der Waals surface area contributed by atoms with Crippen molar-refractivity contribution in [2.75, 3.05) is 36.5 Å². The molecule has 0 radical (unpaired) electrons. The van der Waals surface area contributed by atoms with Crippen molar-refractivity contribution in [2.24, 2.45) is 0 Å². The van der Waals surface area contributed by atoms with Crippen molar-refractivity contribution in [3.63, 3.8) is 0 Å². The van der Waals surface area contributed by atoms with Crippen molar-refractivity contribution in [1.29, 1.82) is 0 Å². The van der Waals surface area contributed by atoms with E-state index >= 15 is 0 Å². The lowest BCUT2D eigenvalue weighted by atomic mass is 10.1. The molecule has 140 valence electrons. The summed E-state index contributed by atoms with van der Waals surface area (Å²) in [6.07, 6.45) is 0.549.